The summed E-state index contributed by atoms with van der Waals surface area (Å²) in [5.41, 5.74) is 6.96. The van der Waals surface area contributed by atoms with Gasteiger partial charge in [-0.1, -0.05) is 49.4 Å². The van der Waals surface area contributed by atoms with Gasteiger partial charge in [-0.3, -0.25) is 0 Å². The van der Waals surface area contributed by atoms with Crippen molar-refractivity contribution in [1.29, 1.82) is 0 Å². The van der Waals surface area contributed by atoms with Crippen molar-refractivity contribution in [3.63, 3.8) is 0 Å². The molecule has 0 amide bonds. The van der Waals surface area contributed by atoms with Gasteiger partial charge in [0.05, 0.1) is 19.8 Å². The highest BCUT2D eigenvalue weighted by Crippen LogP contribution is 2.45. The fourth-order valence-electron chi connectivity index (χ4n) is 5.16. The number of aromatic carboxylic acids is 1. The lowest BCUT2D eigenvalue weighted by Crippen LogP contribution is -2.24. The second-order valence-corrected chi connectivity index (χ2v) is 8.84. The van der Waals surface area contributed by atoms with Gasteiger partial charge in [0, 0.05) is 0 Å². The molecule has 1 unspecified atom stereocenters. The maximum atomic E-state index is 11.1. The summed E-state index contributed by atoms with van der Waals surface area (Å²) in [5.74, 6) is 0.701. The summed E-state index contributed by atoms with van der Waals surface area (Å²) in [6.45, 7) is 2.36. The lowest BCUT2D eigenvalue weighted by Gasteiger charge is -2.29. The van der Waals surface area contributed by atoms with Crippen molar-refractivity contribution < 1.29 is 19.4 Å². The molecule has 166 valence electrons. The third-order valence-electron chi connectivity index (χ3n) is 6.74. The van der Waals surface area contributed by atoms with Gasteiger partial charge in [0.1, 0.15) is 0 Å². The molecule has 0 aliphatic heterocycles. The minimum atomic E-state index is -0.888. The number of hydrogen-bond donors (Lipinski definition) is 1. The molecule has 4 heteroatoms. The number of fused-ring (bicyclic) bond motifs is 1. The van der Waals surface area contributed by atoms with Crippen LogP contribution in [0.2, 0.25) is 0 Å². The van der Waals surface area contributed by atoms with Crippen LogP contribution in [0.25, 0.3) is 0 Å². The number of hydrogen-bond acceptors (Lipinski definition) is 3. The Labute approximate surface area is 189 Å². The molecule has 0 saturated heterocycles. The highest BCUT2D eigenvalue weighted by molar-refractivity contribution is 5.87. The molecule has 0 heterocycles. The van der Waals surface area contributed by atoms with Gasteiger partial charge in [0.15, 0.2) is 11.5 Å². The van der Waals surface area contributed by atoms with Gasteiger partial charge in [-0.05, 0) is 83.5 Å². The number of carboxylic acid groups (broad SMARTS) is 1. The average Bonchev–Trinajstić information content (AvgIpc) is 3.14. The molecule has 1 aliphatic carbocycles. The quantitative estimate of drug-likeness (QED) is 0.503. The molecule has 1 atom stereocenters. The van der Waals surface area contributed by atoms with E-state index < -0.39 is 5.97 Å². The summed E-state index contributed by atoms with van der Waals surface area (Å²) in [7, 11) is 3.38. The first-order chi connectivity index (χ1) is 15.4. The monoisotopic (exact) mass is 430 g/mol. The predicted octanol–water partition coefficient (Wildman–Crippen LogP) is 5.63. The molecule has 0 bridgehead atoms. The second kappa shape index (κ2) is 9.07. The van der Waals surface area contributed by atoms with Crippen LogP contribution in [0.4, 0.5) is 0 Å². The number of carbonyl (C=O) groups is 1. The molecular weight excluding hydrogens is 400 g/mol. The summed E-state index contributed by atoms with van der Waals surface area (Å²) in [4.78, 5) is 11.1. The first-order valence-electron chi connectivity index (χ1n) is 11.1. The summed E-state index contributed by atoms with van der Waals surface area (Å²) in [5, 5.41) is 9.12. The zero-order chi connectivity index (χ0) is 22.7. The fourth-order valence-corrected chi connectivity index (χ4v) is 5.16. The van der Waals surface area contributed by atoms with Gasteiger partial charge in [0.25, 0.3) is 0 Å². The Morgan fingerprint density at radius 3 is 2.34 bits per heavy atom. The average molecular weight is 431 g/mol. The highest BCUT2D eigenvalue weighted by Gasteiger charge is 2.37. The van der Waals surface area contributed by atoms with E-state index in [2.05, 4.69) is 31.2 Å². The zero-order valence-electron chi connectivity index (χ0n) is 19.0. The molecule has 3 aromatic carbocycles. The van der Waals surface area contributed by atoms with E-state index in [1.54, 1.807) is 26.4 Å². The van der Waals surface area contributed by atoms with Crippen LogP contribution in [0.3, 0.4) is 0 Å². The Balaban J connectivity index is 1.60. The van der Waals surface area contributed by atoms with E-state index in [0.29, 0.717) is 5.56 Å². The number of para-hydroxylation sites is 1. The summed E-state index contributed by atoms with van der Waals surface area (Å²) in [6, 6.07) is 20.0. The van der Waals surface area contributed by atoms with Crippen LogP contribution in [-0.4, -0.2) is 25.3 Å². The number of ether oxygens (including phenoxy) is 2. The first-order valence-corrected chi connectivity index (χ1v) is 11.1. The summed E-state index contributed by atoms with van der Waals surface area (Å²) >= 11 is 0. The molecule has 4 rings (SSSR count). The Hall–Kier alpha value is -3.27. The predicted molar refractivity (Wildman–Crippen MR) is 126 cm³/mol. The molecule has 32 heavy (non-hydrogen) atoms. The Morgan fingerprint density at radius 2 is 1.66 bits per heavy atom. The minimum Gasteiger partial charge on any atom is -0.493 e. The van der Waals surface area contributed by atoms with Crippen molar-refractivity contribution in [3.05, 3.63) is 94.0 Å². The van der Waals surface area contributed by atoms with Crippen molar-refractivity contribution in [2.24, 2.45) is 0 Å². The molecule has 0 radical (unpaired) electrons. The molecule has 0 aromatic heterocycles. The zero-order valence-corrected chi connectivity index (χ0v) is 19.0. The van der Waals surface area contributed by atoms with Crippen LogP contribution in [-0.2, 0) is 31.1 Å². The Bertz CT molecular complexity index is 1120. The standard InChI is InChI=1S/C28H30O4/c1-28(18-23-8-5-9-24(31-2)26(23)32-3)17-16-21-7-4-6-20(25(21)28)13-10-19-11-14-22(15-12-19)27(29)30/h4-9,11-12,14-15H,10,13,16-18H2,1-3H3,(H,29,30). The van der Waals surface area contributed by atoms with Gasteiger partial charge >= 0.3 is 5.97 Å². The lowest BCUT2D eigenvalue weighted by molar-refractivity contribution is 0.0697. The van der Waals surface area contributed by atoms with E-state index in [1.807, 2.05) is 24.3 Å². The Kier molecular flexibility index (Phi) is 6.22. The molecule has 0 spiro atoms. The number of rotatable bonds is 8. The fraction of sp³-hybridized carbons (Fsp3) is 0.321. The van der Waals surface area contributed by atoms with Crippen LogP contribution in [0.5, 0.6) is 11.5 Å². The smallest absolute Gasteiger partial charge is 0.335 e. The first kappa shape index (κ1) is 21.9. The second-order valence-electron chi connectivity index (χ2n) is 8.84. The van der Waals surface area contributed by atoms with E-state index in [1.165, 1.54) is 22.3 Å². The van der Waals surface area contributed by atoms with Crippen LogP contribution in [0, 0.1) is 0 Å². The molecule has 1 N–H and O–H groups in total. The number of methoxy groups -OCH3 is 2. The maximum absolute atomic E-state index is 11.1. The Morgan fingerprint density at radius 1 is 0.938 bits per heavy atom. The minimum absolute atomic E-state index is 0.0265. The third kappa shape index (κ3) is 4.22. The number of carboxylic acids is 1. The molecule has 4 nitrogen and oxygen atoms in total. The van der Waals surface area contributed by atoms with Gasteiger partial charge in [0.2, 0.25) is 0 Å². The van der Waals surface area contributed by atoms with Gasteiger partial charge in [-0.25, -0.2) is 4.79 Å². The summed E-state index contributed by atoms with van der Waals surface area (Å²) in [6.07, 6.45) is 4.90. The van der Waals surface area contributed by atoms with E-state index in [9.17, 15) is 4.79 Å². The van der Waals surface area contributed by atoms with E-state index in [0.717, 1.165) is 49.2 Å². The lowest BCUT2D eigenvalue weighted by atomic mass is 9.75. The number of benzene rings is 3. The highest BCUT2D eigenvalue weighted by atomic mass is 16.5. The molecule has 3 aromatic rings. The van der Waals surface area contributed by atoms with Crippen molar-refractivity contribution in [2.45, 2.75) is 44.4 Å². The van der Waals surface area contributed by atoms with Crippen molar-refractivity contribution >= 4 is 5.97 Å². The third-order valence-corrected chi connectivity index (χ3v) is 6.74. The molecular formula is C28H30O4. The van der Waals surface area contributed by atoms with E-state index in [-0.39, 0.29) is 5.41 Å². The molecule has 1 aliphatic rings. The van der Waals surface area contributed by atoms with Crippen LogP contribution in [0.1, 0.15) is 51.5 Å². The SMILES string of the molecule is COc1cccc(CC2(C)CCc3cccc(CCc4ccc(C(=O)O)cc4)c32)c1OC. The van der Waals surface area contributed by atoms with Crippen LogP contribution < -0.4 is 9.47 Å². The van der Waals surface area contributed by atoms with Crippen molar-refractivity contribution in [2.75, 3.05) is 14.2 Å². The van der Waals surface area contributed by atoms with E-state index >= 15 is 0 Å². The maximum Gasteiger partial charge on any atom is 0.335 e. The summed E-state index contributed by atoms with van der Waals surface area (Å²) < 4.78 is 11.2. The van der Waals surface area contributed by atoms with Crippen LogP contribution in [0.15, 0.2) is 60.7 Å². The molecule has 0 fully saturated rings. The molecule has 0 saturated carbocycles. The van der Waals surface area contributed by atoms with Gasteiger partial charge in [-0.15, -0.1) is 0 Å². The van der Waals surface area contributed by atoms with Crippen molar-refractivity contribution in [1.82, 2.24) is 0 Å². The van der Waals surface area contributed by atoms with E-state index in [4.69, 9.17) is 14.6 Å². The largest absolute Gasteiger partial charge is 0.493 e. The normalized spacial score (nSPS) is 17.1. The van der Waals surface area contributed by atoms with Gasteiger partial charge < -0.3 is 14.6 Å². The number of aryl methyl sites for hydroxylation is 3. The van der Waals surface area contributed by atoms with Crippen LogP contribution >= 0.6 is 0 Å². The van der Waals surface area contributed by atoms with Crippen molar-refractivity contribution in [3.8, 4) is 11.5 Å². The van der Waals surface area contributed by atoms with Gasteiger partial charge in [-0.2, -0.15) is 0 Å². The topological polar surface area (TPSA) is 55.8 Å².